The third kappa shape index (κ3) is 2.18. The third-order valence-electron chi connectivity index (χ3n) is 1.44. The van der Waals surface area contributed by atoms with Crippen LogP contribution in [-0.2, 0) is 11.2 Å². The highest BCUT2D eigenvalue weighted by molar-refractivity contribution is 5.71. The summed E-state index contributed by atoms with van der Waals surface area (Å²) in [6, 6.07) is 1.63. The lowest BCUT2D eigenvalue weighted by Gasteiger charge is -1.88. The van der Waals surface area contributed by atoms with E-state index in [-0.39, 0.29) is 5.69 Å². The van der Waals surface area contributed by atoms with E-state index in [9.17, 15) is 4.79 Å². The van der Waals surface area contributed by atoms with Crippen molar-refractivity contribution < 1.29 is 9.32 Å². The fourth-order valence-electron chi connectivity index (χ4n) is 0.830. The van der Waals surface area contributed by atoms with E-state index < -0.39 is 0 Å². The van der Waals surface area contributed by atoms with Gasteiger partial charge in [0.25, 0.3) is 6.29 Å². The van der Waals surface area contributed by atoms with Crippen molar-refractivity contribution in [2.75, 3.05) is 0 Å². The molecule has 1 rings (SSSR count). The molecule has 0 atom stereocenters. The van der Waals surface area contributed by atoms with E-state index in [4.69, 9.17) is 4.52 Å². The van der Waals surface area contributed by atoms with Gasteiger partial charge >= 0.3 is 0 Å². The summed E-state index contributed by atoms with van der Waals surface area (Å²) >= 11 is 0. The molecule has 0 unspecified atom stereocenters. The lowest BCUT2D eigenvalue weighted by atomic mass is 10.2. The minimum Gasteiger partial charge on any atom is -0.361 e. The molecule has 0 aromatic carbocycles. The summed E-state index contributed by atoms with van der Waals surface area (Å²) in [6.45, 7) is 2.10. The standard InChI is InChI=1S/C8H10NO2/c1-2-3-4-8-5-7(6-10)9-11-8/h5H,2-4H2,1H3. The molecule has 0 aliphatic heterocycles. The van der Waals surface area contributed by atoms with Crippen LogP contribution in [0.15, 0.2) is 10.6 Å². The van der Waals surface area contributed by atoms with Crippen molar-refractivity contribution in [2.45, 2.75) is 26.2 Å². The topological polar surface area (TPSA) is 43.1 Å². The normalized spacial score (nSPS) is 9.91. The Kier molecular flexibility index (Phi) is 2.83. The van der Waals surface area contributed by atoms with Crippen molar-refractivity contribution in [2.24, 2.45) is 0 Å². The van der Waals surface area contributed by atoms with Gasteiger partial charge in [-0.25, -0.2) is 0 Å². The molecule has 1 aromatic heterocycles. The van der Waals surface area contributed by atoms with Gasteiger partial charge in [-0.15, -0.1) is 0 Å². The van der Waals surface area contributed by atoms with Crippen LogP contribution in [0.2, 0.25) is 0 Å². The van der Waals surface area contributed by atoms with Crippen LogP contribution in [0.1, 0.15) is 31.2 Å². The number of carbonyl (C=O) groups excluding carboxylic acids is 1. The molecule has 0 bridgehead atoms. The van der Waals surface area contributed by atoms with Gasteiger partial charge in [0.15, 0.2) is 5.69 Å². The molecule has 59 valence electrons. The molecule has 1 heterocycles. The molecule has 1 aromatic rings. The molecule has 0 spiro atoms. The Morgan fingerprint density at radius 3 is 3.09 bits per heavy atom. The Labute approximate surface area is 65.4 Å². The number of aryl methyl sites for hydroxylation is 1. The smallest absolute Gasteiger partial charge is 0.257 e. The van der Waals surface area contributed by atoms with E-state index in [1.807, 2.05) is 0 Å². The van der Waals surface area contributed by atoms with Gasteiger partial charge in [-0.05, 0) is 6.42 Å². The summed E-state index contributed by atoms with van der Waals surface area (Å²) in [5.41, 5.74) is 0.260. The Balaban J connectivity index is 2.51. The van der Waals surface area contributed by atoms with Crippen LogP contribution in [0, 0.1) is 0 Å². The Hall–Kier alpha value is -1.12. The van der Waals surface area contributed by atoms with Crippen LogP contribution >= 0.6 is 0 Å². The summed E-state index contributed by atoms with van der Waals surface area (Å²) in [5.74, 6) is 0.769. The molecule has 0 saturated carbocycles. The van der Waals surface area contributed by atoms with E-state index in [0.29, 0.717) is 0 Å². The van der Waals surface area contributed by atoms with E-state index in [2.05, 4.69) is 12.1 Å². The summed E-state index contributed by atoms with van der Waals surface area (Å²) in [5, 5.41) is 3.49. The average Bonchev–Trinajstić information content (AvgIpc) is 2.48. The van der Waals surface area contributed by atoms with Gasteiger partial charge in [0, 0.05) is 12.5 Å². The second kappa shape index (κ2) is 3.91. The molecule has 3 heteroatoms. The fourth-order valence-corrected chi connectivity index (χ4v) is 0.830. The van der Waals surface area contributed by atoms with Crippen molar-refractivity contribution >= 4 is 6.29 Å². The molecule has 0 aliphatic carbocycles. The van der Waals surface area contributed by atoms with Crippen molar-refractivity contribution in [3.63, 3.8) is 0 Å². The minimum absolute atomic E-state index is 0.260. The third-order valence-corrected chi connectivity index (χ3v) is 1.44. The quantitative estimate of drug-likeness (QED) is 0.656. The van der Waals surface area contributed by atoms with E-state index in [1.165, 1.54) is 0 Å². The monoisotopic (exact) mass is 152 g/mol. The van der Waals surface area contributed by atoms with Crippen LogP contribution in [0.25, 0.3) is 0 Å². The molecule has 0 N–H and O–H groups in total. The largest absolute Gasteiger partial charge is 0.361 e. The molecular formula is C8H10NO2. The summed E-state index contributed by atoms with van der Waals surface area (Å²) in [4.78, 5) is 10.0. The first-order valence-corrected chi connectivity index (χ1v) is 3.70. The summed E-state index contributed by atoms with van der Waals surface area (Å²) in [7, 11) is 0. The number of nitrogens with zero attached hydrogens (tertiary/aromatic N) is 1. The van der Waals surface area contributed by atoms with Gasteiger partial charge in [-0.3, -0.25) is 4.79 Å². The molecule has 0 aliphatic rings. The summed E-state index contributed by atoms with van der Waals surface area (Å²) in [6.07, 6.45) is 4.70. The molecular weight excluding hydrogens is 142 g/mol. The molecule has 0 fully saturated rings. The predicted octanol–water partition coefficient (Wildman–Crippen LogP) is 1.48. The van der Waals surface area contributed by atoms with Gasteiger partial charge in [0.2, 0.25) is 0 Å². The highest BCUT2D eigenvalue weighted by Crippen LogP contribution is 2.05. The maximum Gasteiger partial charge on any atom is 0.257 e. The second-order valence-corrected chi connectivity index (χ2v) is 2.38. The highest BCUT2D eigenvalue weighted by Gasteiger charge is 2.01. The predicted molar refractivity (Wildman–Crippen MR) is 39.9 cm³/mol. The van der Waals surface area contributed by atoms with Crippen molar-refractivity contribution in [1.82, 2.24) is 5.16 Å². The number of rotatable bonds is 4. The number of aromatic nitrogens is 1. The maximum absolute atomic E-state index is 10.0. The summed E-state index contributed by atoms with van der Waals surface area (Å²) < 4.78 is 4.85. The highest BCUT2D eigenvalue weighted by atomic mass is 16.5. The molecule has 3 nitrogen and oxygen atoms in total. The van der Waals surface area contributed by atoms with Crippen LogP contribution in [0.3, 0.4) is 0 Å². The molecule has 11 heavy (non-hydrogen) atoms. The average molecular weight is 152 g/mol. The van der Waals surface area contributed by atoms with Gasteiger partial charge in [0.1, 0.15) is 5.76 Å². The minimum atomic E-state index is 0.260. The zero-order chi connectivity index (χ0) is 8.10. The van der Waals surface area contributed by atoms with Gasteiger partial charge in [-0.1, -0.05) is 18.5 Å². The first kappa shape index (κ1) is 7.98. The van der Waals surface area contributed by atoms with Gasteiger partial charge in [-0.2, -0.15) is 0 Å². The first-order chi connectivity index (χ1) is 5.36. The fraction of sp³-hybridized carbons (Fsp3) is 0.500. The van der Waals surface area contributed by atoms with E-state index in [1.54, 1.807) is 12.4 Å². The van der Waals surface area contributed by atoms with E-state index in [0.717, 1.165) is 25.0 Å². The number of hydrogen-bond acceptors (Lipinski definition) is 3. The lowest BCUT2D eigenvalue weighted by Crippen LogP contribution is -1.79. The second-order valence-electron chi connectivity index (χ2n) is 2.38. The van der Waals surface area contributed by atoms with Crippen molar-refractivity contribution in [1.29, 1.82) is 0 Å². The van der Waals surface area contributed by atoms with Crippen LogP contribution in [-0.4, -0.2) is 11.4 Å². The number of unbranched alkanes of at least 4 members (excludes halogenated alkanes) is 1. The Morgan fingerprint density at radius 1 is 1.73 bits per heavy atom. The van der Waals surface area contributed by atoms with Crippen LogP contribution in [0.5, 0.6) is 0 Å². The van der Waals surface area contributed by atoms with Crippen molar-refractivity contribution in [3.8, 4) is 0 Å². The zero-order valence-corrected chi connectivity index (χ0v) is 6.46. The maximum atomic E-state index is 10.0. The molecule has 0 saturated heterocycles. The Morgan fingerprint density at radius 2 is 2.55 bits per heavy atom. The SMILES string of the molecule is CCCCc1cc([C]=O)no1. The van der Waals surface area contributed by atoms with Crippen LogP contribution in [0.4, 0.5) is 0 Å². The lowest BCUT2D eigenvalue weighted by molar-refractivity contribution is 0.378. The molecule has 1 radical (unpaired) electrons. The molecule has 0 amide bonds. The number of hydrogen-bond donors (Lipinski definition) is 0. The van der Waals surface area contributed by atoms with Crippen molar-refractivity contribution in [3.05, 3.63) is 17.5 Å². The van der Waals surface area contributed by atoms with Crippen LogP contribution < -0.4 is 0 Å². The van der Waals surface area contributed by atoms with Gasteiger partial charge < -0.3 is 4.52 Å². The van der Waals surface area contributed by atoms with Gasteiger partial charge in [0.05, 0.1) is 0 Å². The zero-order valence-electron chi connectivity index (χ0n) is 6.46. The van der Waals surface area contributed by atoms with E-state index >= 15 is 0 Å². The Bertz CT molecular complexity index is 230. The first-order valence-electron chi connectivity index (χ1n) is 3.70.